The Morgan fingerprint density at radius 2 is 2.17 bits per heavy atom. The number of carbonyl (C=O) groups excluding carboxylic acids is 1. The summed E-state index contributed by atoms with van der Waals surface area (Å²) in [4.78, 5) is 14.2. The molecule has 0 unspecified atom stereocenters. The van der Waals surface area contributed by atoms with Crippen LogP contribution in [0.4, 0.5) is 4.39 Å². The highest BCUT2D eigenvalue weighted by Crippen LogP contribution is 2.30. The van der Waals surface area contributed by atoms with Crippen LogP contribution in [0.25, 0.3) is 0 Å². The minimum atomic E-state index is -3.37. The number of benzene rings is 1. The molecule has 1 aliphatic heterocycles. The number of aromatic nitrogens is 2. The molecule has 1 aliphatic rings. The molecular formula is C16H18FN3O3S. The Morgan fingerprint density at radius 1 is 1.42 bits per heavy atom. The first kappa shape index (κ1) is 16.6. The van der Waals surface area contributed by atoms with E-state index in [1.54, 1.807) is 23.1 Å². The molecule has 6 nitrogen and oxygen atoms in total. The number of likely N-dealkylation sites (tertiary alicyclic amines) is 1. The van der Waals surface area contributed by atoms with Gasteiger partial charge in [0, 0.05) is 25.3 Å². The van der Waals surface area contributed by atoms with Crippen LogP contribution >= 0.6 is 0 Å². The monoisotopic (exact) mass is 351 g/mol. The van der Waals surface area contributed by atoms with E-state index in [2.05, 4.69) is 10.2 Å². The smallest absolute Gasteiger partial charge is 0.227 e. The first-order valence-electron chi connectivity index (χ1n) is 7.60. The minimum Gasteiger partial charge on any atom is -0.342 e. The molecule has 1 amide bonds. The number of hydrogen-bond acceptors (Lipinski definition) is 4. The third kappa shape index (κ3) is 3.33. The van der Waals surface area contributed by atoms with Gasteiger partial charge in [-0.15, -0.1) is 0 Å². The third-order valence-electron chi connectivity index (χ3n) is 4.28. The fraction of sp³-hybridized carbons (Fsp3) is 0.375. The summed E-state index contributed by atoms with van der Waals surface area (Å²) in [5, 5.41) is 6.57. The zero-order chi connectivity index (χ0) is 17.3. The second-order valence-electron chi connectivity index (χ2n) is 6.01. The Balaban J connectivity index is 1.71. The lowest BCUT2D eigenvalue weighted by atomic mass is 10.1. The molecule has 1 fully saturated rings. The third-order valence-corrected chi connectivity index (χ3v) is 5.40. The van der Waals surface area contributed by atoms with E-state index >= 15 is 0 Å². The van der Waals surface area contributed by atoms with Crippen LogP contribution in [-0.2, 0) is 21.1 Å². The lowest BCUT2D eigenvalue weighted by Crippen LogP contribution is -2.30. The predicted molar refractivity (Wildman–Crippen MR) is 85.7 cm³/mol. The molecule has 1 aromatic carbocycles. The Morgan fingerprint density at radius 3 is 2.88 bits per heavy atom. The van der Waals surface area contributed by atoms with Gasteiger partial charge in [0.1, 0.15) is 10.7 Å². The van der Waals surface area contributed by atoms with E-state index in [0.29, 0.717) is 30.8 Å². The average Bonchev–Trinajstić information content (AvgIpc) is 3.17. The van der Waals surface area contributed by atoms with Crippen molar-refractivity contribution in [1.82, 2.24) is 15.1 Å². The Labute approximate surface area is 139 Å². The lowest BCUT2D eigenvalue weighted by molar-refractivity contribution is -0.129. The van der Waals surface area contributed by atoms with Crippen molar-refractivity contribution in [2.75, 3.05) is 19.3 Å². The van der Waals surface area contributed by atoms with Gasteiger partial charge < -0.3 is 4.90 Å². The van der Waals surface area contributed by atoms with Crippen LogP contribution < -0.4 is 0 Å². The van der Waals surface area contributed by atoms with Crippen LogP contribution in [0.1, 0.15) is 23.6 Å². The molecule has 2 aromatic rings. The van der Waals surface area contributed by atoms with Gasteiger partial charge in [0.2, 0.25) is 5.91 Å². The topological polar surface area (TPSA) is 83.1 Å². The van der Waals surface area contributed by atoms with Gasteiger partial charge in [-0.05, 0) is 18.1 Å². The molecule has 8 heteroatoms. The molecule has 0 radical (unpaired) electrons. The van der Waals surface area contributed by atoms with E-state index in [-0.39, 0.29) is 23.1 Å². The number of amides is 1. The van der Waals surface area contributed by atoms with E-state index in [9.17, 15) is 17.6 Å². The number of halogens is 1. The highest BCUT2D eigenvalue weighted by Gasteiger charge is 2.31. The van der Waals surface area contributed by atoms with Crippen molar-refractivity contribution >= 4 is 15.7 Å². The Hall–Kier alpha value is -2.22. The highest BCUT2D eigenvalue weighted by molar-refractivity contribution is 7.90. The molecule has 0 saturated carbocycles. The van der Waals surface area contributed by atoms with Gasteiger partial charge >= 0.3 is 0 Å². The molecule has 1 atom stereocenters. The maximum Gasteiger partial charge on any atom is 0.227 e. The van der Waals surface area contributed by atoms with Crippen LogP contribution in [0.2, 0.25) is 0 Å². The number of nitrogens with zero attached hydrogens (tertiary/aromatic N) is 2. The minimum absolute atomic E-state index is 0.00129. The number of rotatable bonds is 4. The summed E-state index contributed by atoms with van der Waals surface area (Å²) in [6, 6.07) is 6.21. The first-order chi connectivity index (χ1) is 11.4. The molecule has 1 saturated heterocycles. The summed E-state index contributed by atoms with van der Waals surface area (Å²) in [5.74, 6) is -0.667. The van der Waals surface area contributed by atoms with E-state index in [0.717, 1.165) is 6.26 Å². The number of nitrogens with one attached hydrogen (secondary N) is 1. The van der Waals surface area contributed by atoms with Gasteiger partial charge in [0.05, 0.1) is 18.3 Å². The number of H-pyrrole nitrogens is 1. The lowest BCUT2D eigenvalue weighted by Gasteiger charge is -2.17. The normalized spacial score (nSPS) is 18.1. The summed E-state index contributed by atoms with van der Waals surface area (Å²) in [6.45, 7) is 0.915. The molecule has 1 aromatic heterocycles. The maximum atomic E-state index is 13.7. The second kappa shape index (κ2) is 6.35. The van der Waals surface area contributed by atoms with Crippen LogP contribution in [0.15, 0.2) is 35.4 Å². The average molecular weight is 351 g/mol. The molecule has 3 rings (SSSR count). The molecule has 2 heterocycles. The summed E-state index contributed by atoms with van der Waals surface area (Å²) in [6.07, 6.45) is 3.08. The van der Waals surface area contributed by atoms with E-state index in [4.69, 9.17) is 0 Å². The fourth-order valence-electron chi connectivity index (χ4n) is 3.01. The number of sulfone groups is 1. The fourth-order valence-corrected chi connectivity index (χ4v) is 3.87. The Bertz CT molecular complexity index is 863. The van der Waals surface area contributed by atoms with Crippen molar-refractivity contribution in [3.8, 4) is 0 Å². The number of hydrogen-bond donors (Lipinski definition) is 1. The van der Waals surface area contributed by atoms with Gasteiger partial charge in [-0.1, -0.05) is 18.2 Å². The molecule has 24 heavy (non-hydrogen) atoms. The zero-order valence-electron chi connectivity index (χ0n) is 13.2. The standard InChI is InChI=1S/C16H18FN3O3S/c1-24(22,23)14-9-18-19-16(14)12-6-7-20(10-12)15(21)8-11-4-2-3-5-13(11)17/h2-5,9,12H,6-8,10H2,1H3,(H,18,19)/t12-/m1/s1. The van der Waals surface area contributed by atoms with E-state index in [1.165, 1.54) is 12.3 Å². The van der Waals surface area contributed by atoms with Crippen molar-refractivity contribution in [3.05, 3.63) is 47.5 Å². The molecule has 0 aliphatic carbocycles. The van der Waals surface area contributed by atoms with Gasteiger partial charge in [-0.25, -0.2) is 12.8 Å². The molecule has 1 N–H and O–H groups in total. The van der Waals surface area contributed by atoms with Crippen LogP contribution in [0.3, 0.4) is 0 Å². The zero-order valence-corrected chi connectivity index (χ0v) is 14.0. The quantitative estimate of drug-likeness (QED) is 0.905. The van der Waals surface area contributed by atoms with Crippen LogP contribution in [0, 0.1) is 5.82 Å². The van der Waals surface area contributed by atoms with Crippen molar-refractivity contribution in [1.29, 1.82) is 0 Å². The van der Waals surface area contributed by atoms with E-state index < -0.39 is 15.7 Å². The van der Waals surface area contributed by atoms with Crippen molar-refractivity contribution in [2.45, 2.75) is 23.7 Å². The number of aromatic amines is 1. The van der Waals surface area contributed by atoms with Gasteiger partial charge in [-0.2, -0.15) is 5.10 Å². The molecule has 0 spiro atoms. The SMILES string of the molecule is CS(=O)(=O)c1cn[nH]c1[C@@H]1CCN(C(=O)Cc2ccccc2F)C1. The van der Waals surface area contributed by atoms with Crippen molar-refractivity contribution in [3.63, 3.8) is 0 Å². The molecular weight excluding hydrogens is 333 g/mol. The van der Waals surface area contributed by atoms with Crippen LogP contribution in [0.5, 0.6) is 0 Å². The van der Waals surface area contributed by atoms with Crippen molar-refractivity contribution < 1.29 is 17.6 Å². The predicted octanol–water partition coefficient (Wildman–Crippen LogP) is 1.51. The van der Waals surface area contributed by atoms with Gasteiger partial charge in [0.15, 0.2) is 9.84 Å². The summed E-state index contributed by atoms with van der Waals surface area (Å²) < 4.78 is 37.2. The van der Waals surface area contributed by atoms with Gasteiger partial charge in [-0.3, -0.25) is 9.89 Å². The highest BCUT2D eigenvalue weighted by atomic mass is 32.2. The van der Waals surface area contributed by atoms with E-state index in [1.807, 2.05) is 0 Å². The van der Waals surface area contributed by atoms with Crippen molar-refractivity contribution in [2.24, 2.45) is 0 Å². The van der Waals surface area contributed by atoms with Gasteiger partial charge in [0.25, 0.3) is 0 Å². The maximum absolute atomic E-state index is 13.7. The first-order valence-corrected chi connectivity index (χ1v) is 9.50. The number of carbonyl (C=O) groups is 1. The summed E-state index contributed by atoms with van der Waals surface area (Å²) in [7, 11) is -3.37. The molecule has 128 valence electrons. The summed E-state index contributed by atoms with van der Waals surface area (Å²) >= 11 is 0. The Kier molecular flexibility index (Phi) is 4.40. The summed E-state index contributed by atoms with van der Waals surface area (Å²) in [5.41, 5.74) is 0.906. The second-order valence-corrected chi connectivity index (χ2v) is 8.00. The molecule has 0 bridgehead atoms. The largest absolute Gasteiger partial charge is 0.342 e. The van der Waals surface area contributed by atoms with Crippen LogP contribution in [-0.4, -0.2) is 48.8 Å².